The van der Waals surface area contributed by atoms with E-state index >= 15 is 0 Å². The summed E-state index contributed by atoms with van der Waals surface area (Å²) in [5.74, 6) is 1.51. The van der Waals surface area contributed by atoms with Crippen LogP contribution in [0.15, 0.2) is 30.3 Å². The largest absolute Gasteiger partial charge is 0.389 e. The molecule has 4 fully saturated rings. The summed E-state index contributed by atoms with van der Waals surface area (Å²) < 4.78 is 6.17. The van der Waals surface area contributed by atoms with Gasteiger partial charge in [0, 0.05) is 12.0 Å². The highest BCUT2D eigenvalue weighted by molar-refractivity contribution is 5.32. The molecule has 0 aliphatic heterocycles. The van der Waals surface area contributed by atoms with Gasteiger partial charge >= 0.3 is 0 Å². The fourth-order valence-electron chi connectivity index (χ4n) is 8.87. The van der Waals surface area contributed by atoms with Crippen LogP contribution in [-0.2, 0) is 10.3 Å². The molecule has 0 unspecified atom stereocenters. The molecule has 5 rings (SSSR count). The number of benzene rings is 1. The number of nitrogens with two attached hydrogens (primary N) is 1. The van der Waals surface area contributed by atoms with Gasteiger partial charge in [-0.1, -0.05) is 44.2 Å². The van der Waals surface area contributed by atoms with Crippen LogP contribution in [0.2, 0.25) is 0 Å². The van der Waals surface area contributed by atoms with E-state index in [0.717, 1.165) is 50.7 Å². The van der Waals surface area contributed by atoms with E-state index in [9.17, 15) is 10.2 Å². The summed E-state index contributed by atoms with van der Waals surface area (Å²) in [7, 11) is 0. The van der Waals surface area contributed by atoms with Gasteiger partial charge in [-0.2, -0.15) is 0 Å². The third-order valence-corrected chi connectivity index (χ3v) is 10.9. The Balaban J connectivity index is 1.39. The SMILES string of the molecule is C[C@]12CC[C@H](OCCCN)C[C@H]1CC[C@@H]1[C@@H]2CC[C@]2(C)[C@@](O)(c3ccccc3)CC[C@]12O. The summed E-state index contributed by atoms with van der Waals surface area (Å²) >= 11 is 0. The number of rotatable bonds is 5. The molecule has 0 saturated heterocycles. The summed E-state index contributed by atoms with van der Waals surface area (Å²) in [6, 6.07) is 10.1. The van der Waals surface area contributed by atoms with Gasteiger partial charge in [-0.3, -0.25) is 0 Å². The van der Waals surface area contributed by atoms with Crippen molar-refractivity contribution in [1.29, 1.82) is 0 Å². The summed E-state index contributed by atoms with van der Waals surface area (Å²) in [6.07, 6.45) is 10.4. The second-order valence-corrected chi connectivity index (χ2v) is 11.9. The zero-order valence-electron chi connectivity index (χ0n) is 20.1. The van der Waals surface area contributed by atoms with E-state index in [1.807, 2.05) is 30.3 Å². The molecule has 4 aliphatic rings. The lowest BCUT2D eigenvalue weighted by Gasteiger charge is -2.64. The van der Waals surface area contributed by atoms with E-state index in [-0.39, 0.29) is 11.3 Å². The smallest absolute Gasteiger partial charge is 0.0978 e. The fraction of sp³-hybridized carbons (Fsp3) is 0.786. The van der Waals surface area contributed by atoms with E-state index in [0.29, 0.717) is 37.3 Å². The van der Waals surface area contributed by atoms with Crippen LogP contribution in [0.25, 0.3) is 0 Å². The quantitative estimate of drug-likeness (QED) is 0.576. The molecule has 1 aromatic carbocycles. The lowest BCUT2D eigenvalue weighted by atomic mass is 9.43. The molecule has 4 N–H and O–H groups in total. The van der Waals surface area contributed by atoms with Gasteiger partial charge in [0.25, 0.3) is 0 Å². The van der Waals surface area contributed by atoms with Crippen molar-refractivity contribution in [3.63, 3.8) is 0 Å². The van der Waals surface area contributed by atoms with Gasteiger partial charge in [0.05, 0.1) is 17.3 Å². The van der Waals surface area contributed by atoms with Crippen molar-refractivity contribution < 1.29 is 14.9 Å². The molecule has 4 saturated carbocycles. The van der Waals surface area contributed by atoms with E-state index in [4.69, 9.17) is 10.5 Å². The second-order valence-electron chi connectivity index (χ2n) is 11.9. The third-order valence-electron chi connectivity index (χ3n) is 10.9. The molecule has 0 spiro atoms. The first kappa shape index (κ1) is 22.8. The Hall–Kier alpha value is -0.940. The van der Waals surface area contributed by atoms with Crippen molar-refractivity contribution in [3.8, 4) is 0 Å². The monoisotopic (exact) mass is 441 g/mol. The normalized spacial score (nSPS) is 48.0. The first-order chi connectivity index (χ1) is 15.3. The predicted octanol–water partition coefficient (Wildman–Crippen LogP) is 4.77. The average molecular weight is 442 g/mol. The second kappa shape index (κ2) is 8.08. The zero-order chi connectivity index (χ0) is 22.6. The molecule has 0 radical (unpaired) electrons. The summed E-state index contributed by atoms with van der Waals surface area (Å²) in [5, 5.41) is 24.4. The molecule has 0 heterocycles. The van der Waals surface area contributed by atoms with Gasteiger partial charge in [0.15, 0.2) is 0 Å². The van der Waals surface area contributed by atoms with Crippen molar-refractivity contribution in [2.75, 3.05) is 13.2 Å². The average Bonchev–Trinajstić information content (AvgIpc) is 3.02. The Morgan fingerprint density at radius 3 is 2.47 bits per heavy atom. The number of aliphatic hydroxyl groups is 2. The highest BCUT2D eigenvalue weighted by atomic mass is 16.5. The molecule has 178 valence electrons. The van der Waals surface area contributed by atoms with Gasteiger partial charge < -0.3 is 20.7 Å². The molecular weight excluding hydrogens is 398 g/mol. The minimum absolute atomic E-state index is 0.279. The Bertz CT molecular complexity index is 816. The summed E-state index contributed by atoms with van der Waals surface area (Å²) in [4.78, 5) is 0. The van der Waals surface area contributed by atoms with E-state index < -0.39 is 16.6 Å². The zero-order valence-corrected chi connectivity index (χ0v) is 20.1. The maximum absolute atomic E-state index is 12.4. The van der Waals surface area contributed by atoms with Crippen LogP contribution in [0.5, 0.6) is 0 Å². The highest BCUT2D eigenvalue weighted by Crippen LogP contribution is 2.71. The molecule has 4 heteroatoms. The standard InChI is InChI=1S/C28H43NO3/c1-25-13-11-22(32-18-6-17-29)19-21(25)9-10-24-23(25)12-14-26(2)27(30,15-16-28(24,26)31)20-7-4-3-5-8-20/h3-5,7-8,21-24,30-31H,6,9-19,29H2,1-2H3/t21-,22+,23+,24-,25+,26-,27+,28+/m1/s1. The molecular formula is C28H43NO3. The number of fused-ring (bicyclic) bond motifs is 5. The van der Waals surface area contributed by atoms with Crippen LogP contribution >= 0.6 is 0 Å². The van der Waals surface area contributed by atoms with Crippen LogP contribution in [-0.4, -0.2) is 35.1 Å². The predicted molar refractivity (Wildman–Crippen MR) is 127 cm³/mol. The van der Waals surface area contributed by atoms with Crippen molar-refractivity contribution in [3.05, 3.63) is 35.9 Å². The van der Waals surface area contributed by atoms with Gasteiger partial charge in [-0.25, -0.2) is 0 Å². The third kappa shape index (κ3) is 3.09. The van der Waals surface area contributed by atoms with Crippen LogP contribution < -0.4 is 5.73 Å². The number of hydrogen-bond donors (Lipinski definition) is 3. The first-order valence-corrected chi connectivity index (χ1v) is 13.1. The maximum Gasteiger partial charge on any atom is 0.0978 e. The molecule has 4 nitrogen and oxygen atoms in total. The van der Waals surface area contributed by atoms with Crippen LogP contribution in [0.3, 0.4) is 0 Å². The minimum Gasteiger partial charge on any atom is -0.389 e. The minimum atomic E-state index is -0.944. The van der Waals surface area contributed by atoms with Gasteiger partial charge in [0.1, 0.15) is 0 Å². The van der Waals surface area contributed by atoms with Gasteiger partial charge in [-0.05, 0) is 99.5 Å². The Labute approximate surface area is 193 Å². The topological polar surface area (TPSA) is 75.7 Å². The van der Waals surface area contributed by atoms with Crippen molar-refractivity contribution in [2.24, 2.45) is 34.3 Å². The van der Waals surface area contributed by atoms with Gasteiger partial charge in [-0.15, -0.1) is 0 Å². The highest BCUT2D eigenvalue weighted by Gasteiger charge is 2.71. The Morgan fingerprint density at radius 1 is 0.938 bits per heavy atom. The molecule has 4 aliphatic carbocycles. The Morgan fingerprint density at radius 2 is 1.72 bits per heavy atom. The molecule has 8 atom stereocenters. The van der Waals surface area contributed by atoms with Crippen molar-refractivity contribution in [2.45, 2.75) is 95.4 Å². The maximum atomic E-state index is 12.4. The fourth-order valence-corrected chi connectivity index (χ4v) is 8.87. The molecule has 0 bridgehead atoms. The first-order valence-electron chi connectivity index (χ1n) is 13.1. The van der Waals surface area contributed by atoms with E-state index in [1.165, 1.54) is 12.8 Å². The molecule has 0 aromatic heterocycles. The molecule has 32 heavy (non-hydrogen) atoms. The number of hydrogen-bond acceptors (Lipinski definition) is 4. The van der Waals surface area contributed by atoms with Crippen LogP contribution in [0, 0.1) is 28.6 Å². The van der Waals surface area contributed by atoms with Crippen LogP contribution in [0.4, 0.5) is 0 Å². The summed E-state index contributed by atoms with van der Waals surface area (Å²) in [6.45, 7) is 6.17. The van der Waals surface area contributed by atoms with Gasteiger partial charge in [0.2, 0.25) is 0 Å². The van der Waals surface area contributed by atoms with Crippen LogP contribution in [0.1, 0.15) is 83.6 Å². The molecule has 1 aromatic rings. The van der Waals surface area contributed by atoms with Crippen molar-refractivity contribution >= 4 is 0 Å². The van der Waals surface area contributed by atoms with E-state index in [2.05, 4.69) is 13.8 Å². The lowest BCUT2D eigenvalue weighted by Crippen LogP contribution is -2.64. The Kier molecular flexibility index (Phi) is 5.76. The van der Waals surface area contributed by atoms with E-state index in [1.54, 1.807) is 0 Å². The lowest BCUT2D eigenvalue weighted by molar-refractivity contribution is -0.239. The molecule has 0 amide bonds. The number of ether oxygens (including phenoxy) is 1. The van der Waals surface area contributed by atoms with Crippen molar-refractivity contribution in [1.82, 2.24) is 0 Å². The summed E-state index contributed by atoms with van der Waals surface area (Å²) in [5.41, 5.74) is 4.68.